The molecular formula is C14H23NO2. The van der Waals surface area contributed by atoms with E-state index in [0.29, 0.717) is 5.92 Å². The first-order valence-corrected chi connectivity index (χ1v) is 6.68. The van der Waals surface area contributed by atoms with Crippen LogP contribution in [0.15, 0.2) is 16.5 Å². The average molecular weight is 237 g/mol. The van der Waals surface area contributed by atoms with Crippen LogP contribution in [0.4, 0.5) is 0 Å². The lowest BCUT2D eigenvalue weighted by Gasteiger charge is -2.03. The van der Waals surface area contributed by atoms with Crippen molar-refractivity contribution in [3.8, 4) is 0 Å². The van der Waals surface area contributed by atoms with Gasteiger partial charge in [-0.05, 0) is 44.4 Å². The van der Waals surface area contributed by atoms with Gasteiger partial charge < -0.3 is 14.5 Å². The van der Waals surface area contributed by atoms with Gasteiger partial charge in [-0.3, -0.25) is 0 Å². The predicted octanol–water partition coefficient (Wildman–Crippen LogP) is 2.92. The summed E-state index contributed by atoms with van der Waals surface area (Å²) in [4.78, 5) is 0. The van der Waals surface area contributed by atoms with Crippen LogP contribution in [0.5, 0.6) is 0 Å². The Morgan fingerprint density at radius 2 is 2.29 bits per heavy atom. The van der Waals surface area contributed by atoms with Crippen molar-refractivity contribution in [2.24, 2.45) is 5.92 Å². The van der Waals surface area contributed by atoms with Crippen molar-refractivity contribution in [3.63, 3.8) is 0 Å². The van der Waals surface area contributed by atoms with Crippen LogP contribution >= 0.6 is 0 Å². The second-order valence-electron chi connectivity index (χ2n) is 4.85. The highest BCUT2D eigenvalue weighted by Crippen LogP contribution is 2.47. The van der Waals surface area contributed by atoms with Gasteiger partial charge in [-0.15, -0.1) is 0 Å². The highest BCUT2D eigenvalue weighted by molar-refractivity contribution is 5.17. The highest BCUT2D eigenvalue weighted by Gasteiger charge is 2.36. The van der Waals surface area contributed by atoms with Crippen molar-refractivity contribution in [1.82, 2.24) is 5.32 Å². The molecule has 0 aromatic carbocycles. The van der Waals surface area contributed by atoms with Crippen molar-refractivity contribution in [1.29, 1.82) is 0 Å². The third-order valence-corrected chi connectivity index (χ3v) is 3.30. The standard InChI is InChI=1S/C14H23NO2/c1-3-16-8-4-7-15-10-12-5-6-14(17-12)13-9-11(13)2/h5-6,11,13,15H,3-4,7-10H2,1-2H3. The van der Waals surface area contributed by atoms with Crippen molar-refractivity contribution < 1.29 is 9.15 Å². The van der Waals surface area contributed by atoms with Crippen LogP contribution in [-0.2, 0) is 11.3 Å². The van der Waals surface area contributed by atoms with E-state index in [1.54, 1.807) is 0 Å². The quantitative estimate of drug-likeness (QED) is 0.706. The van der Waals surface area contributed by atoms with E-state index in [1.165, 1.54) is 12.2 Å². The largest absolute Gasteiger partial charge is 0.464 e. The molecule has 96 valence electrons. The van der Waals surface area contributed by atoms with Gasteiger partial charge in [0, 0.05) is 19.1 Å². The normalized spacial score (nSPS) is 22.9. The molecule has 0 spiro atoms. The summed E-state index contributed by atoms with van der Waals surface area (Å²) in [7, 11) is 0. The lowest BCUT2D eigenvalue weighted by atomic mass is 10.3. The van der Waals surface area contributed by atoms with Gasteiger partial charge in [0.1, 0.15) is 11.5 Å². The number of ether oxygens (including phenoxy) is 1. The Morgan fingerprint density at radius 3 is 3.00 bits per heavy atom. The molecule has 1 aromatic heterocycles. The Labute approximate surface area is 104 Å². The van der Waals surface area contributed by atoms with E-state index in [2.05, 4.69) is 24.4 Å². The van der Waals surface area contributed by atoms with E-state index in [1.807, 2.05) is 6.92 Å². The molecule has 0 bridgehead atoms. The Morgan fingerprint density at radius 1 is 1.47 bits per heavy atom. The second-order valence-corrected chi connectivity index (χ2v) is 4.85. The van der Waals surface area contributed by atoms with Gasteiger partial charge in [0.25, 0.3) is 0 Å². The maximum Gasteiger partial charge on any atom is 0.117 e. The fourth-order valence-corrected chi connectivity index (χ4v) is 2.06. The van der Waals surface area contributed by atoms with Gasteiger partial charge >= 0.3 is 0 Å². The lowest BCUT2D eigenvalue weighted by Crippen LogP contribution is -2.15. The Bertz CT molecular complexity index is 335. The molecule has 1 heterocycles. The smallest absolute Gasteiger partial charge is 0.117 e. The number of rotatable bonds is 8. The summed E-state index contributed by atoms with van der Waals surface area (Å²) in [6, 6.07) is 4.22. The Kier molecular flexibility index (Phi) is 4.63. The fourth-order valence-electron chi connectivity index (χ4n) is 2.06. The monoisotopic (exact) mass is 237 g/mol. The number of hydrogen-bond acceptors (Lipinski definition) is 3. The molecule has 1 aliphatic rings. The van der Waals surface area contributed by atoms with E-state index >= 15 is 0 Å². The Hall–Kier alpha value is -0.800. The molecule has 1 aliphatic carbocycles. The van der Waals surface area contributed by atoms with E-state index in [9.17, 15) is 0 Å². The van der Waals surface area contributed by atoms with E-state index < -0.39 is 0 Å². The van der Waals surface area contributed by atoms with E-state index in [0.717, 1.165) is 44.4 Å². The van der Waals surface area contributed by atoms with Gasteiger partial charge in [0.2, 0.25) is 0 Å². The third kappa shape index (κ3) is 3.86. The highest BCUT2D eigenvalue weighted by atomic mass is 16.5. The van der Waals surface area contributed by atoms with Crippen molar-refractivity contribution in [3.05, 3.63) is 23.7 Å². The molecule has 0 amide bonds. The number of hydrogen-bond donors (Lipinski definition) is 1. The summed E-state index contributed by atoms with van der Waals surface area (Å²) in [5.41, 5.74) is 0. The molecule has 1 saturated carbocycles. The molecule has 0 saturated heterocycles. The molecule has 2 rings (SSSR count). The minimum absolute atomic E-state index is 0.682. The fraction of sp³-hybridized carbons (Fsp3) is 0.714. The molecule has 3 heteroatoms. The molecule has 0 aliphatic heterocycles. The Balaban J connectivity index is 1.61. The molecule has 3 nitrogen and oxygen atoms in total. The summed E-state index contributed by atoms with van der Waals surface area (Å²) in [6.07, 6.45) is 2.34. The van der Waals surface area contributed by atoms with Crippen molar-refractivity contribution >= 4 is 0 Å². The molecule has 1 fully saturated rings. The average Bonchev–Trinajstić information content (AvgIpc) is 2.89. The van der Waals surface area contributed by atoms with Gasteiger partial charge in [-0.2, -0.15) is 0 Å². The maximum atomic E-state index is 5.81. The van der Waals surface area contributed by atoms with Gasteiger partial charge in [-0.1, -0.05) is 6.92 Å². The van der Waals surface area contributed by atoms with Crippen LogP contribution in [0.25, 0.3) is 0 Å². The molecule has 1 aromatic rings. The molecule has 2 atom stereocenters. The summed E-state index contributed by atoms with van der Waals surface area (Å²) < 4.78 is 11.1. The van der Waals surface area contributed by atoms with Crippen molar-refractivity contribution in [2.45, 2.75) is 39.2 Å². The number of nitrogens with one attached hydrogen (secondary N) is 1. The maximum absolute atomic E-state index is 5.81. The first-order valence-electron chi connectivity index (χ1n) is 6.68. The zero-order valence-electron chi connectivity index (χ0n) is 10.9. The van der Waals surface area contributed by atoms with Gasteiger partial charge in [0.05, 0.1) is 6.54 Å². The van der Waals surface area contributed by atoms with Crippen molar-refractivity contribution in [2.75, 3.05) is 19.8 Å². The first-order chi connectivity index (χ1) is 8.31. The van der Waals surface area contributed by atoms with Crippen LogP contribution in [0.3, 0.4) is 0 Å². The first kappa shape index (κ1) is 12.7. The molecule has 2 unspecified atom stereocenters. The summed E-state index contributed by atoms with van der Waals surface area (Å²) in [5.74, 6) is 3.72. The zero-order chi connectivity index (χ0) is 12.1. The van der Waals surface area contributed by atoms with E-state index in [-0.39, 0.29) is 0 Å². The summed E-state index contributed by atoms with van der Waals surface area (Å²) >= 11 is 0. The SMILES string of the molecule is CCOCCCNCc1ccc(C2CC2C)o1. The molecule has 0 radical (unpaired) electrons. The van der Waals surface area contributed by atoms with Crippen LogP contribution in [0.1, 0.15) is 44.1 Å². The number of furan rings is 1. The second kappa shape index (κ2) is 6.22. The molecule has 17 heavy (non-hydrogen) atoms. The minimum atomic E-state index is 0.682. The van der Waals surface area contributed by atoms with Gasteiger partial charge in [0.15, 0.2) is 0 Å². The molecular weight excluding hydrogens is 214 g/mol. The minimum Gasteiger partial charge on any atom is -0.464 e. The molecule has 1 N–H and O–H groups in total. The van der Waals surface area contributed by atoms with Crippen LogP contribution in [0.2, 0.25) is 0 Å². The van der Waals surface area contributed by atoms with Crippen LogP contribution in [0, 0.1) is 5.92 Å². The zero-order valence-corrected chi connectivity index (χ0v) is 10.9. The predicted molar refractivity (Wildman–Crippen MR) is 68.0 cm³/mol. The topological polar surface area (TPSA) is 34.4 Å². The lowest BCUT2D eigenvalue weighted by molar-refractivity contribution is 0.144. The van der Waals surface area contributed by atoms with Crippen LogP contribution in [-0.4, -0.2) is 19.8 Å². The van der Waals surface area contributed by atoms with Gasteiger partial charge in [-0.25, -0.2) is 0 Å². The summed E-state index contributed by atoms with van der Waals surface area (Å²) in [6.45, 7) is 7.76. The van der Waals surface area contributed by atoms with Crippen LogP contribution < -0.4 is 5.32 Å². The third-order valence-electron chi connectivity index (χ3n) is 3.30. The summed E-state index contributed by atoms with van der Waals surface area (Å²) in [5, 5.41) is 3.37. The van der Waals surface area contributed by atoms with E-state index in [4.69, 9.17) is 9.15 Å².